The molecule has 156 valence electrons. The first-order chi connectivity index (χ1) is 14.9. The molecule has 0 spiro atoms. The second-order valence-electron chi connectivity index (χ2n) is 7.59. The predicted octanol–water partition coefficient (Wildman–Crippen LogP) is 6.98. The second kappa shape index (κ2) is 8.60. The minimum absolute atomic E-state index is 0.136. The third kappa shape index (κ3) is 4.43. The van der Waals surface area contributed by atoms with Crippen molar-refractivity contribution in [2.24, 2.45) is 0 Å². The lowest BCUT2D eigenvalue weighted by Gasteiger charge is -2.08. The summed E-state index contributed by atoms with van der Waals surface area (Å²) in [5, 5.41) is 9.28. The molecule has 0 heterocycles. The Morgan fingerprint density at radius 1 is 0.968 bits per heavy atom. The zero-order chi connectivity index (χ0) is 22.0. The fourth-order valence-electron chi connectivity index (χ4n) is 3.86. The van der Waals surface area contributed by atoms with E-state index < -0.39 is 5.97 Å². The Labute approximate surface area is 181 Å². The van der Waals surface area contributed by atoms with Gasteiger partial charge in [0.25, 0.3) is 0 Å². The summed E-state index contributed by atoms with van der Waals surface area (Å²) in [5.74, 6) is 0.217. The number of fused-ring (bicyclic) bond motifs is 1. The molecule has 1 aliphatic rings. The standard InChI is InChI=1S/C27H23FO3/c1-3-18-4-9-21(10-5-18)31-22-11-6-19(7-12-22)14-24-17(2)25(16-27(29)30)26-15-20(28)8-13-23(24)26/h4-15H,3,16H2,1-2H3,(H,29,30)/b24-14-. The summed E-state index contributed by atoms with van der Waals surface area (Å²) in [6.07, 6.45) is 2.85. The van der Waals surface area contributed by atoms with E-state index in [4.69, 9.17) is 4.74 Å². The Morgan fingerprint density at radius 2 is 1.61 bits per heavy atom. The van der Waals surface area contributed by atoms with Gasteiger partial charge in [0.05, 0.1) is 6.42 Å². The number of hydrogen-bond acceptors (Lipinski definition) is 2. The number of hydrogen-bond donors (Lipinski definition) is 1. The van der Waals surface area contributed by atoms with Gasteiger partial charge in [-0.25, -0.2) is 4.39 Å². The number of carbonyl (C=O) groups is 1. The van der Waals surface area contributed by atoms with Gasteiger partial charge in [-0.15, -0.1) is 0 Å². The molecular formula is C27H23FO3. The topological polar surface area (TPSA) is 46.5 Å². The van der Waals surface area contributed by atoms with Gasteiger partial charge in [-0.3, -0.25) is 4.79 Å². The molecule has 0 saturated carbocycles. The number of aliphatic carboxylic acids is 1. The first-order valence-electron chi connectivity index (χ1n) is 10.3. The van der Waals surface area contributed by atoms with Crippen molar-refractivity contribution in [3.05, 3.63) is 100 Å². The van der Waals surface area contributed by atoms with Crippen molar-refractivity contribution in [1.29, 1.82) is 0 Å². The number of aryl methyl sites for hydroxylation is 1. The minimum Gasteiger partial charge on any atom is -0.481 e. The number of carboxylic acids is 1. The van der Waals surface area contributed by atoms with E-state index in [-0.39, 0.29) is 12.2 Å². The van der Waals surface area contributed by atoms with Crippen molar-refractivity contribution in [3.63, 3.8) is 0 Å². The van der Waals surface area contributed by atoms with Crippen molar-refractivity contribution >= 4 is 23.2 Å². The van der Waals surface area contributed by atoms with Gasteiger partial charge in [0.2, 0.25) is 0 Å². The van der Waals surface area contributed by atoms with Gasteiger partial charge in [-0.2, -0.15) is 0 Å². The van der Waals surface area contributed by atoms with Crippen LogP contribution < -0.4 is 4.74 Å². The molecule has 3 aromatic carbocycles. The van der Waals surface area contributed by atoms with Crippen LogP contribution in [0.5, 0.6) is 11.5 Å². The Kier molecular flexibility index (Phi) is 5.72. The molecule has 0 bridgehead atoms. The lowest BCUT2D eigenvalue weighted by Crippen LogP contribution is -1.97. The van der Waals surface area contributed by atoms with Crippen LogP contribution in [-0.2, 0) is 11.2 Å². The summed E-state index contributed by atoms with van der Waals surface area (Å²) in [5.41, 5.74) is 6.15. The summed E-state index contributed by atoms with van der Waals surface area (Å²) < 4.78 is 19.7. The van der Waals surface area contributed by atoms with Crippen molar-refractivity contribution < 1.29 is 19.0 Å². The Balaban J connectivity index is 1.61. The zero-order valence-electron chi connectivity index (χ0n) is 17.5. The first kappa shape index (κ1) is 20.6. The molecule has 1 N–H and O–H groups in total. The molecule has 3 nitrogen and oxygen atoms in total. The Hall–Kier alpha value is -3.66. The smallest absolute Gasteiger partial charge is 0.307 e. The van der Waals surface area contributed by atoms with Crippen LogP contribution in [0.3, 0.4) is 0 Å². The second-order valence-corrected chi connectivity index (χ2v) is 7.59. The maximum Gasteiger partial charge on any atom is 0.307 e. The number of carboxylic acid groups (broad SMARTS) is 1. The van der Waals surface area contributed by atoms with Crippen LogP contribution in [0.2, 0.25) is 0 Å². The molecule has 0 saturated heterocycles. The number of ether oxygens (including phenoxy) is 1. The molecular weight excluding hydrogens is 391 g/mol. The molecule has 4 heteroatoms. The minimum atomic E-state index is -0.931. The maximum atomic E-state index is 13.8. The van der Waals surface area contributed by atoms with E-state index >= 15 is 0 Å². The average Bonchev–Trinajstić information content (AvgIpc) is 3.00. The van der Waals surface area contributed by atoms with Crippen LogP contribution in [-0.4, -0.2) is 11.1 Å². The zero-order valence-corrected chi connectivity index (χ0v) is 17.5. The van der Waals surface area contributed by atoms with Crippen molar-refractivity contribution in [2.75, 3.05) is 0 Å². The van der Waals surface area contributed by atoms with Crippen LogP contribution in [0.1, 0.15) is 42.5 Å². The van der Waals surface area contributed by atoms with Crippen LogP contribution >= 0.6 is 0 Å². The van der Waals surface area contributed by atoms with E-state index in [1.54, 1.807) is 6.07 Å². The van der Waals surface area contributed by atoms with E-state index in [0.717, 1.165) is 40.2 Å². The summed E-state index contributed by atoms with van der Waals surface area (Å²) in [7, 11) is 0. The Morgan fingerprint density at radius 3 is 2.23 bits per heavy atom. The average molecular weight is 414 g/mol. The van der Waals surface area contributed by atoms with Gasteiger partial charge in [-0.05, 0) is 94.8 Å². The molecule has 3 aromatic rings. The highest BCUT2D eigenvalue weighted by atomic mass is 19.1. The van der Waals surface area contributed by atoms with Crippen molar-refractivity contribution in [2.45, 2.75) is 26.7 Å². The number of halogens is 1. The number of rotatable bonds is 6. The molecule has 0 aromatic heterocycles. The Bertz CT molecular complexity index is 1190. The lowest BCUT2D eigenvalue weighted by molar-refractivity contribution is -0.135. The highest BCUT2D eigenvalue weighted by molar-refractivity contribution is 6.07. The van der Waals surface area contributed by atoms with E-state index in [0.29, 0.717) is 11.1 Å². The molecule has 31 heavy (non-hydrogen) atoms. The van der Waals surface area contributed by atoms with Gasteiger partial charge >= 0.3 is 5.97 Å². The summed E-state index contributed by atoms with van der Waals surface area (Å²) >= 11 is 0. The first-order valence-corrected chi connectivity index (χ1v) is 10.3. The fraction of sp³-hybridized carbons (Fsp3) is 0.148. The van der Waals surface area contributed by atoms with E-state index in [1.807, 2.05) is 49.4 Å². The normalized spacial score (nSPS) is 14.1. The molecule has 4 rings (SSSR count). The maximum absolute atomic E-state index is 13.8. The number of benzene rings is 3. The highest BCUT2D eigenvalue weighted by Gasteiger charge is 2.25. The van der Waals surface area contributed by atoms with Crippen molar-refractivity contribution in [3.8, 4) is 11.5 Å². The van der Waals surface area contributed by atoms with Gasteiger partial charge in [0.15, 0.2) is 0 Å². The van der Waals surface area contributed by atoms with Crippen LogP contribution in [0, 0.1) is 5.82 Å². The summed E-state index contributed by atoms with van der Waals surface area (Å²) in [6, 6.07) is 20.3. The summed E-state index contributed by atoms with van der Waals surface area (Å²) in [4.78, 5) is 11.3. The van der Waals surface area contributed by atoms with Gasteiger partial charge in [0.1, 0.15) is 17.3 Å². The lowest BCUT2D eigenvalue weighted by atomic mass is 10.0. The number of allylic oxidation sites excluding steroid dienone is 2. The summed E-state index contributed by atoms with van der Waals surface area (Å²) in [6.45, 7) is 4.00. The molecule has 0 aliphatic heterocycles. The predicted molar refractivity (Wildman–Crippen MR) is 121 cm³/mol. The molecule has 0 atom stereocenters. The monoisotopic (exact) mass is 414 g/mol. The SMILES string of the molecule is CCc1ccc(Oc2ccc(/C=C3/C(C)=C(CC(=O)O)c4cc(F)ccc43)cc2)cc1. The fourth-order valence-corrected chi connectivity index (χ4v) is 3.86. The molecule has 0 radical (unpaired) electrons. The van der Waals surface area contributed by atoms with Gasteiger partial charge in [-0.1, -0.05) is 37.3 Å². The molecule has 0 unspecified atom stereocenters. The van der Waals surface area contributed by atoms with E-state index in [1.165, 1.54) is 17.7 Å². The molecule has 1 aliphatic carbocycles. The highest BCUT2D eigenvalue weighted by Crippen LogP contribution is 2.43. The van der Waals surface area contributed by atoms with Crippen LogP contribution in [0.15, 0.2) is 72.3 Å². The molecule has 0 fully saturated rings. The van der Waals surface area contributed by atoms with Crippen LogP contribution in [0.25, 0.3) is 17.2 Å². The van der Waals surface area contributed by atoms with E-state index in [9.17, 15) is 14.3 Å². The quantitative estimate of drug-likeness (QED) is 0.473. The third-order valence-corrected chi connectivity index (χ3v) is 5.54. The van der Waals surface area contributed by atoms with Gasteiger partial charge < -0.3 is 9.84 Å². The van der Waals surface area contributed by atoms with Crippen LogP contribution in [0.4, 0.5) is 4.39 Å². The van der Waals surface area contributed by atoms with Gasteiger partial charge in [0, 0.05) is 0 Å². The van der Waals surface area contributed by atoms with Crippen molar-refractivity contribution in [1.82, 2.24) is 0 Å². The van der Waals surface area contributed by atoms with E-state index in [2.05, 4.69) is 19.1 Å². The largest absolute Gasteiger partial charge is 0.481 e. The third-order valence-electron chi connectivity index (χ3n) is 5.54. The molecule has 0 amide bonds.